The van der Waals surface area contributed by atoms with Crippen molar-refractivity contribution in [3.05, 3.63) is 0 Å². The lowest BCUT2D eigenvalue weighted by atomic mass is 9.90. The molecule has 2 aliphatic heterocycles. The Labute approximate surface area is 87.8 Å². The van der Waals surface area contributed by atoms with Gasteiger partial charge in [-0.3, -0.25) is 0 Å². The van der Waals surface area contributed by atoms with Gasteiger partial charge in [0, 0.05) is 26.2 Å². The van der Waals surface area contributed by atoms with E-state index < -0.39 is 0 Å². The van der Waals surface area contributed by atoms with Crippen LogP contribution in [0.15, 0.2) is 0 Å². The van der Waals surface area contributed by atoms with E-state index in [9.17, 15) is 0 Å². The van der Waals surface area contributed by atoms with Gasteiger partial charge in [0.25, 0.3) is 0 Å². The zero-order chi connectivity index (χ0) is 10.4. The number of hydrogen-bond acceptors (Lipinski definition) is 3. The standard InChI is InChI=1S/C9H18N2O.C2H6/c1-11-5-2-9(3-6-11)8-10-4-7-12-9;1-2/h10H,2-8H2,1H3;1-2H3. The second-order valence-corrected chi connectivity index (χ2v) is 4.01. The van der Waals surface area contributed by atoms with Gasteiger partial charge in [0.05, 0.1) is 12.2 Å². The quantitative estimate of drug-likeness (QED) is 0.633. The van der Waals surface area contributed by atoms with Crippen molar-refractivity contribution in [2.24, 2.45) is 0 Å². The van der Waals surface area contributed by atoms with Crippen molar-refractivity contribution < 1.29 is 4.74 Å². The minimum atomic E-state index is 0.185. The summed E-state index contributed by atoms with van der Waals surface area (Å²) in [4.78, 5) is 2.38. The van der Waals surface area contributed by atoms with Crippen molar-refractivity contribution >= 4 is 0 Å². The fraction of sp³-hybridized carbons (Fsp3) is 1.00. The Morgan fingerprint density at radius 2 is 1.86 bits per heavy atom. The first-order valence-corrected chi connectivity index (χ1v) is 5.84. The van der Waals surface area contributed by atoms with Crippen LogP contribution in [0.3, 0.4) is 0 Å². The van der Waals surface area contributed by atoms with Gasteiger partial charge in [-0.15, -0.1) is 0 Å². The van der Waals surface area contributed by atoms with Gasteiger partial charge < -0.3 is 15.0 Å². The van der Waals surface area contributed by atoms with Crippen LogP contribution in [0.4, 0.5) is 0 Å². The van der Waals surface area contributed by atoms with E-state index in [0.717, 1.165) is 19.7 Å². The third kappa shape index (κ3) is 2.94. The maximum Gasteiger partial charge on any atom is 0.0831 e. The summed E-state index contributed by atoms with van der Waals surface area (Å²) in [5.74, 6) is 0. The number of ether oxygens (including phenoxy) is 1. The van der Waals surface area contributed by atoms with E-state index in [4.69, 9.17) is 4.74 Å². The summed E-state index contributed by atoms with van der Waals surface area (Å²) >= 11 is 0. The molecule has 0 aromatic heterocycles. The highest BCUT2D eigenvalue weighted by atomic mass is 16.5. The van der Waals surface area contributed by atoms with Crippen LogP contribution in [0.1, 0.15) is 26.7 Å². The molecule has 0 saturated carbocycles. The van der Waals surface area contributed by atoms with E-state index in [0.29, 0.717) is 0 Å². The van der Waals surface area contributed by atoms with Crippen molar-refractivity contribution in [1.29, 1.82) is 0 Å². The average Bonchev–Trinajstić information content (AvgIpc) is 2.27. The third-order valence-corrected chi connectivity index (χ3v) is 3.03. The monoisotopic (exact) mass is 200 g/mol. The maximum absolute atomic E-state index is 5.87. The summed E-state index contributed by atoms with van der Waals surface area (Å²) in [5, 5.41) is 3.42. The molecule has 0 aliphatic carbocycles. The molecule has 14 heavy (non-hydrogen) atoms. The van der Waals surface area contributed by atoms with E-state index in [2.05, 4.69) is 17.3 Å². The Morgan fingerprint density at radius 3 is 2.36 bits per heavy atom. The Bertz CT molecular complexity index is 145. The van der Waals surface area contributed by atoms with Crippen molar-refractivity contribution in [2.45, 2.75) is 32.3 Å². The summed E-state index contributed by atoms with van der Waals surface area (Å²) in [5.41, 5.74) is 0.185. The Balaban J connectivity index is 0.000000461. The van der Waals surface area contributed by atoms with E-state index in [1.807, 2.05) is 13.8 Å². The molecule has 3 nitrogen and oxygen atoms in total. The van der Waals surface area contributed by atoms with Crippen LogP contribution in [0.5, 0.6) is 0 Å². The van der Waals surface area contributed by atoms with Gasteiger partial charge >= 0.3 is 0 Å². The van der Waals surface area contributed by atoms with Crippen molar-refractivity contribution in [3.8, 4) is 0 Å². The highest BCUT2D eigenvalue weighted by molar-refractivity contribution is 4.90. The van der Waals surface area contributed by atoms with Gasteiger partial charge in [-0.2, -0.15) is 0 Å². The van der Waals surface area contributed by atoms with Crippen LogP contribution < -0.4 is 5.32 Å². The molecule has 3 heteroatoms. The van der Waals surface area contributed by atoms with Crippen LogP contribution >= 0.6 is 0 Å². The van der Waals surface area contributed by atoms with E-state index in [1.165, 1.54) is 25.9 Å². The Hall–Kier alpha value is -0.120. The summed E-state index contributed by atoms with van der Waals surface area (Å²) < 4.78 is 5.87. The molecule has 2 heterocycles. The predicted molar refractivity (Wildman–Crippen MR) is 59.6 cm³/mol. The second-order valence-electron chi connectivity index (χ2n) is 4.01. The third-order valence-electron chi connectivity index (χ3n) is 3.03. The van der Waals surface area contributed by atoms with Crippen LogP contribution in [-0.4, -0.2) is 50.3 Å². The zero-order valence-corrected chi connectivity index (χ0v) is 9.81. The Kier molecular flexibility index (Phi) is 4.85. The van der Waals surface area contributed by atoms with Gasteiger partial charge in [-0.25, -0.2) is 0 Å². The summed E-state index contributed by atoms with van der Waals surface area (Å²) in [7, 11) is 2.18. The predicted octanol–water partition coefficient (Wildman–Crippen LogP) is 1.10. The molecule has 0 aromatic rings. The van der Waals surface area contributed by atoms with Crippen LogP contribution in [0.2, 0.25) is 0 Å². The molecule has 0 bridgehead atoms. The number of nitrogens with zero attached hydrogens (tertiary/aromatic N) is 1. The molecular formula is C11H24N2O. The average molecular weight is 200 g/mol. The van der Waals surface area contributed by atoms with Crippen LogP contribution in [-0.2, 0) is 4.74 Å². The minimum Gasteiger partial charge on any atom is -0.372 e. The zero-order valence-electron chi connectivity index (χ0n) is 9.81. The highest BCUT2D eigenvalue weighted by Crippen LogP contribution is 2.26. The van der Waals surface area contributed by atoms with Crippen molar-refractivity contribution in [1.82, 2.24) is 10.2 Å². The number of hydrogen-bond donors (Lipinski definition) is 1. The smallest absolute Gasteiger partial charge is 0.0831 e. The second kappa shape index (κ2) is 5.69. The summed E-state index contributed by atoms with van der Waals surface area (Å²) in [6, 6.07) is 0. The highest BCUT2D eigenvalue weighted by Gasteiger charge is 2.35. The number of morpholine rings is 1. The molecular weight excluding hydrogens is 176 g/mol. The molecule has 0 unspecified atom stereocenters. The number of piperidine rings is 1. The van der Waals surface area contributed by atoms with E-state index >= 15 is 0 Å². The fourth-order valence-electron chi connectivity index (χ4n) is 2.05. The number of nitrogens with one attached hydrogen (secondary N) is 1. The molecule has 1 N–H and O–H groups in total. The molecule has 0 atom stereocenters. The normalized spacial score (nSPS) is 26.8. The first kappa shape index (κ1) is 12.0. The SMILES string of the molecule is CC.CN1CCC2(CC1)CNCCO2. The molecule has 2 rings (SSSR count). The van der Waals surface area contributed by atoms with E-state index in [-0.39, 0.29) is 5.60 Å². The van der Waals surface area contributed by atoms with Gasteiger partial charge in [0.1, 0.15) is 0 Å². The topological polar surface area (TPSA) is 24.5 Å². The lowest BCUT2D eigenvalue weighted by Crippen LogP contribution is -2.55. The van der Waals surface area contributed by atoms with Gasteiger partial charge in [0.2, 0.25) is 0 Å². The van der Waals surface area contributed by atoms with Crippen molar-refractivity contribution in [3.63, 3.8) is 0 Å². The van der Waals surface area contributed by atoms with Gasteiger partial charge in [0.15, 0.2) is 0 Å². The lowest BCUT2D eigenvalue weighted by molar-refractivity contribution is -0.0969. The maximum atomic E-state index is 5.87. The Morgan fingerprint density at radius 1 is 1.21 bits per heavy atom. The lowest BCUT2D eigenvalue weighted by Gasteiger charge is -2.43. The molecule has 0 aromatic carbocycles. The van der Waals surface area contributed by atoms with Crippen LogP contribution in [0.25, 0.3) is 0 Å². The summed E-state index contributed by atoms with van der Waals surface area (Å²) in [6.45, 7) is 9.34. The molecule has 0 amide bonds. The van der Waals surface area contributed by atoms with Gasteiger partial charge in [-0.1, -0.05) is 13.8 Å². The number of likely N-dealkylation sites (tertiary alicyclic amines) is 1. The molecule has 2 aliphatic rings. The molecule has 2 saturated heterocycles. The molecule has 84 valence electrons. The molecule has 1 spiro atoms. The number of rotatable bonds is 0. The van der Waals surface area contributed by atoms with Gasteiger partial charge in [-0.05, 0) is 19.9 Å². The van der Waals surface area contributed by atoms with E-state index in [1.54, 1.807) is 0 Å². The largest absolute Gasteiger partial charge is 0.372 e. The molecule has 2 fully saturated rings. The first-order valence-electron chi connectivity index (χ1n) is 5.84. The fourth-order valence-corrected chi connectivity index (χ4v) is 2.05. The summed E-state index contributed by atoms with van der Waals surface area (Å²) in [6.07, 6.45) is 2.38. The van der Waals surface area contributed by atoms with Crippen molar-refractivity contribution in [2.75, 3.05) is 39.8 Å². The van der Waals surface area contributed by atoms with Crippen LogP contribution in [0, 0.1) is 0 Å². The minimum absolute atomic E-state index is 0.185. The molecule has 0 radical (unpaired) electrons. The first-order chi connectivity index (χ1) is 6.81.